The maximum Gasteiger partial charge on any atom is 0.338 e. The fraction of sp³-hybridized carbons (Fsp3) is 0.278. The molecule has 1 heterocycles. The fourth-order valence-electron chi connectivity index (χ4n) is 2.55. The summed E-state index contributed by atoms with van der Waals surface area (Å²) in [4.78, 5) is 30.7. The molecule has 0 unspecified atom stereocenters. The topological polar surface area (TPSA) is 59.5 Å². The van der Waals surface area contributed by atoms with Gasteiger partial charge in [-0.1, -0.05) is 12.1 Å². The maximum absolute atomic E-state index is 13.0. The molecule has 23 heavy (non-hydrogen) atoms. The number of esters is 1. The van der Waals surface area contributed by atoms with Crippen LogP contribution in [0.2, 0.25) is 0 Å². The fourth-order valence-corrected chi connectivity index (χ4v) is 2.55. The van der Waals surface area contributed by atoms with Crippen molar-refractivity contribution >= 4 is 11.9 Å². The standard InChI is InChI=1S/C18H18N2O3/c1-23-18(22)16-5-3-2-4-15(16)17(21)20(14-6-7-14)12-13-8-10-19-11-9-13/h2-5,8-11,14H,6-7,12H2,1H3. The number of pyridine rings is 1. The zero-order chi connectivity index (χ0) is 16.2. The van der Waals surface area contributed by atoms with Crippen molar-refractivity contribution in [3.8, 4) is 0 Å². The highest BCUT2D eigenvalue weighted by molar-refractivity contribution is 6.05. The van der Waals surface area contributed by atoms with E-state index in [-0.39, 0.29) is 11.9 Å². The Morgan fingerprint density at radius 3 is 2.39 bits per heavy atom. The molecule has 0 bridgehead atoms. The molecule has 0 spiro atoms. The summed E-state index contributed by atoms with van der Waals surface area (Å²) in [5.74, 6) is -0.626. The Balaban J connectivity index is 1.89. The molecule has 1 aliphatic rings. The SMILES string of the molecule is COC(=O)c1ccccc1C(=O)N(Cc1ccncc1)C1CC1. The number of rotatable bonds is 5. The maximum atomic E-state index is 13.0. The van der Waals surface area contributed by atoms with Crippen LogP contribution < -0.4 is 0 Å². The Hall–Kier alpha value is -2.69. The molecule has 1 saturated carbocycles. The molecule has 0 aliphatic heterocycles. The summed E-state index contributed by atoms with van der Waals surface area (Å²) in [5, 5.41) is 0. The van der Waals surface area contributed by atoms with Crippen LogP contribution in [0.1, 0.15) is 39.1 Å². The molecule has 0 atom stereocenters. The summed E-state index contributed by atoms with van der Waals surface area (Å²) in [7, 11) is 1.32. The summed E-state index contributed by atoms with van der Waals surface area (Å²) >= 11 is 0. The number of hydrogen-bond donors (Lipinski definition) is 0. The van der Waals surface area contributed by atoms with Crippen molar-refractivity contribution in [1.82, 2.24) is 9.88 Å². The van der Waals surface area contributed by atoms with E-state index in [0.717, 1.165) is 18.4 Å². The molecule has 0 saturated heterocycles. The number of methoxy groups -OCH3 is 1. The molecule has 5 nitrogen and oxygen atoms in total. The highest BCUT2D eigenvalue weighted by Gasteiger charge is 2.34. The molecule has 1 aliphatic carbocycles. The van der Waals surface area contributed by atoms with Crippen LogP contribution in [0.5, 0.6) is 0 Å². The Bertz CT molecular complexity index is 711. The van der Waals surface area contributed by atoms with E-state index in [1.807, 2.05) is 17.0 Å². The first-order valence-corrected chi connectivity index (χ1v) is 7.58. The van der Waals surface area contributed by atoms with Crippen molar-refractivity contribution < 1.29 is 14.3 Å². The average molecular weight is 310 g/mol. The molecule has 0 N–H and O–H groups in total. The first-order valence-electron chi connectivity index (χ1n) is 7.58. The van der Waals surface area contributed by atoms with Gasteiger partial charge in [0.05, 0.1) is 18.2 Å². The summed E-state index contributed by atoms with van der Waals surface area (Å²) in [6.45, 7) is 0.515. The van der Waals surface area contributed by atoms with Crippen molar-refractivity contribution in [3.05, 3.63) is 65.5 Å². The molecule has 2 aromatic rings. The van der Waals surface area contributed by atoms with Crippen molar-refractivity contribution in [2.75, 3.05) is 7.11 Å². The lowest BCUT2D eigenvalue weighted by Gasteiger charge is -2.23. The number of carbonyl (C=O) groups excluding carboxylic acids is 2. The van der Waals surface area contributed by atoms with Crippen molar-refractivity contribution in [2.24, 2.45) is 0 Å². The summed E-state index contributed by atoms with van der Waals surface area (Å²) < 4.78 is 4.78. The summed E-state index contributed by atoms with van der Waals surface area (Å²) in [6.07, 6.45) is 5.43. The highest BCUT2D eigenvalue weighted by Crippen LogP contribution is 2.30. The molecule has 1 amide bonds. The van der Waals surface area contributed by atoms with E-state index in [1.54, 1.807) is 36.7 Å². The molecule has 1 aromatic carbocycles. The van der Waals surface area contributed by atoms with E-state index >= 15 is 0 Å². The van der Waals surface area contributed by atoms with Crippen LogP contribution in [0.3, 0.4) is 0 Å². The van der Waals surface area contributed by atoms with Crippen molar-refractivity contribution in [3.63, 3.8) is 0 Å². The normalized spacial score (nSPS) is 13.4. The molecular weight excluding hydrogens is 292 g/mol. The zero-order valence-corrected chi connectivity index (χ0v) is 12.9. The smallest absolute Gasteiger partial charge is 0.338 e. The zero-order valence-electron chi connectivity index (χ0n) is 12.9. The second kappa shape index (κ2) is 6.60. The van der Waals surface area contributed by atoms with Gasteiger partial charge in [0.15, 0.2) is 0 Å². The number of nitrogens with zero attached hydrogens (tertiary/aromatic N) is 2. The van der Waals surface area contributed by atoms with Gasteiger partial charge in [0, 0.05) is 25.0 Å². The van der Waals surface area contributed by atoms with Gasteiger partial charge < -0.3 is 9.64 Å². The number of hydrogen-bond acceptors (Lipinski definition) is 4. The van der Waals surface area contributed by atoms with Gasteiger partial charge in [-0.2, -0.15) is 0 Å². The Kier molecular flexibility index (Phi) is 4.37. The van der Waals surface area contributed by atoms with Crippen LogP contribution >= 0.6 is 0 Å². The van der Waals surface area contributed by atoms with Crippen LogP contribution in [0.25, 0.3) is 0 Å². The van der Waals surface area contributed by atoms with Crippen molar-refractivity contribution in [2.45, 2.75) is 25.4 Å². The van der Waals surface area contributed by atoms with Gasteiger partial charge in [0.1, 0.15) is 0 Å². The average Bonchev–Trinajstić information content (AvgIpc) is 3.44. The molecule has 0 radical (unpaired) electrons. The monoisotopic (exact) mass is 310 g/mol. The van der Waals surface area contributed by atoms with E-state index in [0.29, 0.717) is 17.7 Å². The number of ether oxygens (including phenoxy) is 1. The lowest BCUT2D eigenvalue weighted by atomic mass is 10.1. The van der Waals surface area contributed by atoms with Crippen molar-refractivity contribution in [1.29, 1.82) is 0 Å². The van der Waals surface area contributed by atoms with Gasteiger partial charge in [-0.15, -0.1) is 0 Å². The Morgan fingerprint density at radius 2 is 1.78 bits per heavy atom. The van der Waals surface area contributed by atoms with E-state index in [1.165, 1.54) is 7.11 Å². The third kappa shape index (κ3) is 3.39. The second-order valence-electron chi connectivity index (χ2n) is 5.56. The van der Waals surface area contributed by atoms with Crippen LogP contribution in [0.4, 0.5) is 0 Å². The van der Waals surface area contributed by atoms with Gasteiger partial charge >= 0.3 is 5.97 Å². The predicted octanol–water partition coefficient (Wildman–Crippen LogP) is 2.67. The van der Waals surface area contributed by atoms with Gasteiger partial charge in [0.25, 0.3) is 5.91 Å². The van der Waals surface area contributed by atoms with Gasteiger partial charge in [-0.05, 0) is 42.7 Å². The third-order valence-electron chi connectivity index (χ3n) is 3.91. The third-order valence-corrected chi connectivity index (χ3v) is 3.91. The largest absolute Gasteiger partial charge is 0.465 e. The Morgan fingerprint density at radius 1 is 1.13 bits per heavy atom. The minimum absolute atomic E-state index is 0.134. The van der Waals surface area contributed by atoms with Crippen LogP contribution in [-0.2, 0) is 11.3 Å². The number of benzene rings is 1. The molecule has 1 aromatic heterocycles. The van der Waals surface area contributed by atoms with Gasteiger partial charge in [0.2, 0.25) is 0 Å². The molecular formula is C18H18N2O3. The van der Waals surface area contributed by atoms with Crippen LogP contribution in [0.15, 0.2) is 48.8 Å². The molecule has 1 fully saturated rings. The quantitative estimate of drug-likeness (QED) is 0.797. The minimum atomic E-state index is -0.492. The predicted molar refractivity (Wildman–Crippen MR) is 84.9 cm³/mol. The van der Waals surface area contributed by atoms with E-state index < -0.39 is 5.97 Å². The first kappa shape index (κ1) is 15.2. The molecule has 5 heteroatoms. The van der Waals surface area contributed by atoms with E-state index in [4.69, 9.17) is 4.74 Å². The number of carbonyl (C=O) groups is 2. The Labute approximate surface area is 134 Å². The van der Waals surface area contributed by atoms with Crippen LogP contribution in [0, 0.1) is 0 Å². The number of amides is 1. The second-order valence-corrected chi connectivity index (χ2v) is 5.56. The highest BCUT2D eigenvalue weighted by atomic mass is 16.5. The lowest BCUT2D eigenvalue weighted by Crippen LogP contribution is -2.33. The summed E-state index contributed by atoms with van der Waals surface area (Å²) in [5.41, 5.74) is 1.72. The molecule has 3 rings (SSSR count). The van der Waals surface area contributed by atoms with Crippen LogP contribution in [-0.4, -0.2) is 34.9 Å². The first-order chi connectivity index (χ1) is 11.2. The minimum Gasteiger partial charge on any atom is -0.465 e. The molecule has 118 valence electrons. The lowest BCUT2D eigenvalue weighted by molar-refractivity contribution is 0.0588. The summed E-state index contributed by atoms with van der Waals surface area (Å²) in [6, 6.07) is 10.8. The van der Waals surface area contributed by atoms with Gasteiger partial charge in [-0.25, -0.2) is 4.79 Å². The van der Waals surface area contributed by atoms with E-state index in [2.05, 4.69) is 4.98 Å². The number of aromatic nitrogens is 1. The van der Waals surface area contributed by atoms with E-state index in [9.17, 15) is 9.59 Å². The van der Waals surface area contributed by atoms with Gasteiger partial charge in [-0.3, -0.25) is 9.78 Å².